The third kappa shape index (κ3) is 5.75. The van der Waals surface area contributed by atoms with Crippen molar-refractivity contribution in [2.24, 2.45) is 0 Å². The number of furan rings is 2. The molecule has 0 spiro atoms. The van der Waals surface area contributed by atoms with Crippen molar-refractivity contribution in [3.63, 3.8) is 0 Å². The van der Waals surface area contributed by atoms with Crippen molar-refractivity contribution in [2.75, 3.05) is 0 Å². The Bertz CT molecular complexity index is 3550. The zero-order valence-electron chi connectivity index (χ0n) is 32.2. The van der Waals surface area contributed by atoms with Crippen molar-refractivity contribution in [3.8, 4) is 67.5 Å². The number of benzene rings is 9. The third-order valence-corrected chi connectivity index (χ3v) is 11.5. The van der Waals surface area contributed by atoms with Gasteiger partial charge in [0.15, 0.2) is 17.5 Å². The molecule has 5 heteroatoms. The van der Waals surface area contributed by atoms with Crippen molar-refractivity contribution >= 4 is 54.6 Å². The number of para-hydroxylation sites is 3. The first kappa shape index (κ1) is 33.9. The van der Waals surface area contributed by atoms with E-state index in [-0.39, 0.29) is 0 Å². The molecule has 60 heavy (non-hydrogen) atoms. The highest BCUT2D eigenvalue weighted by molar-refractivity contribution is 6.13. The van der Waals surface area contributed by atoms with Gasteiger partial charge in [-0.05, 0) is 98.8 Å². The Hall–Kier alpha value is -8.15. The van der Waals surface area contributed by atoms with Crippen LogP contribution in [-0.2, 0) is 0 Å². The molecule has 0 bridgehead atoms. The number of aromatic nitrogens is 3. The van der Waals surface area contributed by atoms with Crippen molar-refractivity contribution in [2.45, 2.75) is 0 Å². The molecular weight excluding hydrogens is 735 g/mol. The molecule has 0 unspecified atom stereocenters. The predicted molar refractivity (Wildman–Crippen MR) is 245 cm³/mol. The van der Waals surface area contributed by atoms with Crippen LogP contribution >= 0.6 is 0 Å². The Balaban J connectivity index is 1.07. The fourth-order valence-corrected chi connectivity index (χ4v) is 8.60. The van der Waals surface area contributed by atoms with E-state index in [0.717, 1.165) is 105 Å². The summed E-state index contributed by atoms with van der Waals surface area (Å²) in [6.07, 6.45) is 0. The monoisotopic (exact) mass is 767 g/mol. The molecule has 0 fully saturated rings. The van der Waals surface area contributed by atoms with E-state index < -0.39 is 0 Å². The summed E-state index contributed by atoms with van der Waals surface area (Å²) < 4.78 is 12.8. The van der Waals surface area contributed by atoms with Crippen LogP contribution in [0.25, 0.3) is 122 Å². The lowest BCUT2D eigenvalue weighted by Crippen LogP contribution is -2.01. The number of nitrogens with zero attached hydrogens (tertiary/aromatic N) is 3. The van der Waals surface area contributed by atoms with Gasteiger partial charge in [0.25, 0.3) is 0 Å². The van der Waals surface area contributed by atoms with Crippen LogP contribution in [0.2, 0.25) is 0 Å². The van der Waals surface area contributed by atoms with Crippen molar-refractivity contribution in [3.05, 3.63) is 200 Å². The van der Waals surface area contributed by atoms with E-state index in [1.807, 2.05) is 60.7 Å². The number of fused-ring (bicyclic) bond motifs is 7. The quantitative estimate of drug-likeness (QED) is 0.169. The van der Waals surface area contributed by atoms with Gasteiger partial charge in [0, 0.05) is 32.7 Å². The Morgan fingerprint density at radius 3 is 1.57 bits per heavy atom. The molecule has 0 aliphatic rings. The highest BCUT2D eigenvalue weighted by Crippen LogP contribution is 2.40. The SMILES string of the molecule is c1ccc(-c2cc(-c3ccccc3)cc(-c3nc(-c4ccc5ccc(-c6cccc7oc8ccccc8c67)cc5c4)nc(-c4cccc5c4oc4ccccc45)n3)c2)cc1. The van der Waals surface area contributed by atoms with E-state index in [9.17, 15) is 0 Å². The molecule has 0 saturated carbocycles. The fraction of sp³-hybridized carbons (Fsp3) is 0. The zero-order chi connectivity index (χ0) is 39.6. The lowest BCUT2D eigenvalue weighted by molar-refractivity contribution is 0.669. The Morgan fingerprint density at radius 2 is 0.817 bits per heavy atom. The van der Waals surface area contributed by atoms with Gasteiger partial charge in [0.1, 0.15) is 22.3 Å². The maximum Gasteiger partial charge on any atom is 0.167 e. The third-order valence-electron chi connectivity index (χ3n) is 11.5. The summed E-state index contributed by atoms with van der Waals surface area (Å²) in [4.78, 5) is 15.8. The smallest absolute Gasteiger partial charge is 0.167 e. The van der Waals surface area contributed by atoms with E-state index in [2.05, 4.69) is 140 Å². The summed E-state index contributed by atoms with van der Waals surface area (Å²) in [6, 6.07) is 69.4. The molecule has 3 heterocycles. The standard InChI is InChI=1S/C55H33N3O2/c1-3-13-34(14-4-1)40-31-41(35-15-5-2-6-16-35)33-42(32-40)54-56-53(57-55(58-54)47-21-11-20-45-44-17-7-9-22-48(44)60-52(45)47)38-28-26-36-25-27-37(29-39(36)30-38)43-19-12-24-50-51(43)46-18-8-10-23-49(46)59-50/h1-33H. The second-order valence-corrected chi connectivity index (χ2v) is 15.2. The number of hydrogen-bond acceptors (Lipinski definition) is 5. The van der Waals surface area contributed by atoms with E-state index in [1.54, 1.807) is 0 Å². The average Bonchev–Trinajstić information content (AvgIpc) is 3.90. The molecule has 12 aromatic rings. The molecule has 0 N–H and O–H groups in total. The largest absolute Gasteiger partial charge is 0.456 e. The average molecular weight is 768 g/mol. The van der Waals surface area contributed by atoms with Crippen LogP contribution in [-0.4, -0.2) is 15.0 Å². The highest BCUT2D eigenvalue weighted by atomic mass is 16.3. The van der Waals surface area contributed by atoms with Crippen LogP contribution in [0.4, 0.5) is 0 Å². The molecule has 0 radical (unpaired) electrons. The first-order valence-corrected chi connectivity index (χ1v) is 20.1. The van der Waals surface area contributed by atoms with Crippen LogP contribution in [0.1, 0.15) is 0 Å². The molecule has 9 aromatic carbocycles. The summed E-state index contributed by atoms with van der Waals surface area (Å²) in [7, 11) is 0. The molecule has 0 saturated heterocycles. The molecule has 5 nitrogen and oxygen atoms in total. The lowest BCUT2D eigenvalue weighted by atomic mass is 9.95. The van der Waals surface area contributed by atoms with Crippen LogP contribution in [0.15, 0.2) is 209 Å². The van der Waals surface area contributed by atoms with Crippen LogP contribution in [0.5, 0.6) is 0 Å². The maximum atomic E-state index is 6.54. The van der Waals surface area contributed by atoms with E-state index >= 15 is 0 Å². The van der Waals surface area contributed by atoms with Crippen molar-refractivity contribution in [1.29, 1.82) is 0 Å². The Kier molecular flexibility index (Phi) is 7.78. The minimum Gasteiger partial charge on any atom is -0.456 e. The lowest BCUT2D eigenvalue weighted by Gasteiger charge is -2.13. The minimum absolute atomic E-state index is 0.540. The summed E-state index contributed by atoms with van der Waals surface area (Å²) in [5, 5.41) is 6.49. The van der Waals surface area contributed by atoms with Gasteiger partial charge in [-0.1, -0.05) is 146 Å². The fourth-order valence-electron chi connectivity index (χ4n) is 8.60. The van der Waals surface area contributed by atoms with Gasteiger partial charge in [-0.15, -0.1) is 0 Å². The van der Waals surface area contributed by atoms with Gasteiger partial charge in [0.2, 0.25) is 0 Å². The van der Waals surface area contributed by atoms with E-state index in [4.69, 9.17) is 23.8 Å². The molecule has 280 valence electrons. The first-order valence-electron chi connectivity index (χ1n) is 20.1. The second kappa shape index (κ2) is 13.8. The van der Waals surface area contributed by atoms with Gasteiger partial charge < -0.3 is 8.83 Å². The van der Waals surface area contributed by atoms with E-state index in [1.165, 1.54) is 0 Å². The highest BCUT2D eigenvalue weighted by Gasteiger charge is 2.19. The molecule has 3 aromatic heterocycles. The van der Waals surface area contributed by atoms with E-state index in [0.29, 0.717) is 17.5 Å². The second-order valence-electron chi connectivity index (χ2n) is 15.2. The Morgan fingerprint density at radius 1 is 0.283 bits per heavy atom. The van der Waals surface area contributed by atoms with Crippen LogP contribution in [0.3, 0.4) is 0 Å². The Labute approximate surface area is 344 Å². The molecular formula is C55H33N3O2. The maximum absolute atomic E-state index is 6.54. The summed E-state index contributed by atoms with van der Waals surface area (Å²) in [5.41, 5.74) is 12.5. The van der Waals surface area contributed by atoms with Crippen molar-refractivity contribution in [1.82, 2.24) is 15.0 Å². The molecule has 12 rings (SSSR count). The molecule has 0 aliphatic heterocycles. The van der Waals surface area contributed by atoms with Gasteiger partial charge in [-0.3, -0.25) is 0 Å². The summed E-state index contributed by atoms with van der Waals surface area (Å²) in [6.45, 7) is 0. The molecule has 0 aliphatic carbocycles. The zero-order valence-corrected chi connectivity index (χ0v) is 32.2. The summed E-state index contributed by atoms with van der Waals surface area (Å²) >= 11 is 0. The first-order chi connectivity index (χ1) is 29.7. The van der Waals surface area contributed by atoms with Crippen LogP contribution in [0, 0.1) is 0 Å². The number of hydrogen-bond donors (Lipinski definition) is 0. The number of rotatable bonds is 6. The van der Waals surface area contributed by atoms with Gasteiger partial charge in [-0.25, -0.2) is 15.0 Å². The van der Waals surface area contributed by atoms with Gasteiger partial charge in [0.05, 0.1) is 5.56 Å². The molecule has 0 amide bonds. The normalized spacial score (nSPS) is 11.7. The topological polar surface area (TPSA) is 65.0 Å². The molecule has 0 atom stereocenters. The van der Waals surface area contributed by atoms with Crippen molar-refractivity contribution < 1.29 is 8.83 Å². The van der Waals surface area contributed by atoms with Crippen LogP contribution < -0.4 is 0 Å². The predicted octanol–water partition coefficient (Wildman–Crippen LogP) is 14.8. The summed E-state index contributed by atoms with van der Waals surface area (Å²) in [5.74, 6) is 1.69. The van der Waals surface area contributed by atoms with Gasteiger partial charge in [-0.2, -0.15) is 0 Å². The minimum atomic E-state index is 0.540. The van der Waals surface area contributed by atoms with Gasteiger partial charge >= 0.3 is 0 Å².